The van der Waals surface area contributed by atoms with Crippen molar-refractivity contribution in [2.75, 3.05) is 21.3 Å². The first-order chi connectivity index (χ1) is 12.1. The monoisotopic (exact) mass is 379 g/mol. The van der Waals surface area contributed by atoms with E-state index in [0.29, 0.717) is 17.2 Å². The molecule has 0 aromatic heterocycles. The number of hydrogen-bond acceptors (Lipinski definition) is 5. The zero-order valence-electron chi connectivity index (χ0n) is 15.9. The number of hydrogen-bond donors (Lipinski definition) is 1. The predicted octanol–water partition coefficient (Wildman–Crippen LogP) is 3.23. The zero-order chi connectivity index (χ0) is 19.5. The van der Waals surface area contributed by atoms with Crippen molar-refractivity contribution >= 4 is 10.0 Å². The van der Waals surface area contributed by atoms with E-state index in [1.807, 2.05) is 6.07 Å². The number of benzene rings is 2. The molecule has 142 valence electrons. The molecular weight excluding hydrogens is 354 g/mol. The largest absolute Gasteiger partial charge is 0.496 e. The molecular formula is C19H25NO5S. The van der Waals surface area contributed by atoms with Gasteiger partial charge in [0, 0.05) is 0 Å². The lowest BCUT2D eigenvalue weighted by Crippen LogP contribution is -2.40. The molecule has 0 radical (unpaired) electrons. The molecule has 2 aromatic rings. The van der Waals surface area contributed by atoms with Crippen LogP contribution < -0.4 is 18.9 Å². The highest BCUT2D eigenvalue weighted by Crippen LogP contribution is 2.33. The van der Waals surface area contributed by atoms with E-state index < -0.39 is 15.6 Å². The van der Waals surface area contributed by atoms with Gasteiger partial charge in [-0.2, -0.15) is 0 Å². The Balaban J connectivity index is 2.37. The lowest BCUT2D eigenvalue weighted by molar-refractivity contribution is 0.352. The van der Waals surface area contributed by atoms with Crippen LogP contribution in [-0.4, -0.2) is 29.7 Å². The lowest BCUT2D eigenvalue weighted by Gasteiger charge is -2.27. The highest BCUT2D eigenvalue weighted by atomic mass is 32.2. The maximum Gasteiger partial charge on any atom is 0.241 e. The number of nitrogens with one attached hydrogen (secondary N) is 1. The van der Waals surface area contributed by atoms with Crippen LogP contribution in [0.2, 0.25) is 0 Å². The number of sulfonamides is 1. The summed E-state index contributed by atoms with van der Waals surface area (Å²) in [5.74, 6) is 1.77. The van der Waals surface area contributed by atoms with Crippen LogP contribution in [0.5, 0.6) is 17.2 Å². The van der Waals surface area contributed by atoms with Crippen molar-refractivity contribution in [3.63, 3.8) is 0 Å². The van der Waals surface area contributed by atoms with Crippen LogP contribution in [0.3, 0.4) is 0 Å². The molecule has 0 heterocycles. The van der Waals surface area contributed by atoms with E-state index in [1.165, 1.54) is 6.07 Å². The minimum absolute atomic E-state index is 0.185. The van der Waals surface area contributed by atoms with E-state index in [-0.39, 0.29) is 4.90 Å². The molecule has 0 spiro atoms. The number of aryl methyl sites for hydroxylation is 1. The summed E-state index contributed by atoms with van der Waals surface area (Å²) < 4.78 is 44.2. The SMILES string of the molecule is COc1ccc(S(=O)(=O)NC(C)(C)c2ccc(OC)c(OC)c2)cc1C. The van der Waals surface area contributed by atoms with Crippen molar-refractivity contribution in [1.82, 2.24) is 4.72 Å². The molecule has 0 fully saturated rings. The van der Waals surface area contributed by atoms with E-state index in [0.717, 1.165) is 11.1 Å². The van der Waals surface area contributed by atoms with Crippen LogP contribution in [0.1, 0.15) is 25.0 Å². The third kappa shape index (κ3) is 4.11. The summed E-state index contributed by atoms with van der Waals surface area (Å²) in [6.45, 7) is 5.39. The van der Waals surface area contributed by atoms with Crippen LogP contribution >= 0.6 is 0 Å². The van der Waals surface area contributed by atoms with Gasteiger partial charge < -0.3 is 14.2 Å². The second-order valence-electron chi connectivity index (χ2n) is 6.43. The third-order valence-electron chi connectivity index (χ3n) is 4.17. The summed E-state index contributed by atoms with van der Waals surface area (Å²) in [5.41, 5.74) is 0.648. The molecule has 1 N–H and O–H groups in total. The molecule has 0 unspecified atom stereocenters. The molecule has 0 amide bonds. The van der Waals surface area contributed by atoms with Crippen molar-refractivity contribution in [3.05, 3.63) is 47.5 Å². The fraction of sp³-hybridized carbons (Fsp3) is 0.368. The second kappa shape index (κ2) is 7.55. The number of methoxy groups -OCH3 is 3. The van der Waals surface area contributed by atoms with E-state index in [2.05, 4.69) is 4.72 Å². The molecule has 0 saturated carbocycles. The quantitative estimate of drug-likeness (QED) is 0.799. The van der Waals surface area contributed by atoms with Crippen LogP contribution in [0.25, 0.3) is 0 Å². The van der Waals surface area contributed by atoms with Crippen molar-refractivity contribution < 1.29 is 22.6 Å². The molecule has 0 atom stereocenters. The zero-order valence-corrected chi connectivity index (χ0v) is 16.7. The fourth-order valence-corrected chi connectivity index (χ4v) is 4.18. The average molecular weight is 379 g/mol. The molecule has 2 aromatic carbocycles. The predicted molar refractivity (Wildman–Crippen MR) is 101 cm³/mol. The maximum absolute atomic E-state index is 12.8. The highest BCUT2D eigenvalue weighted by molar-refractivity contribution is 7.89. The Kier molecular flexibility index (Phi) is 5.83. The smallest absolute Gasteiger partial charge is 0.241 e. The Hall–Kier alpha value is -2.25. The van der Waals surface area contributed by atoms with Gasteiger partial charge in [0.2, 0.25) is 10.0 Å². The minimum Gasteiger partial charge on any atom is -0.496 e. The Bertz CT molecular complexity index is 891. The van der Waals surface area contributed by atoms with Gasteiger partial charge in [-0.05, 0) is 62.2 Å². The van der Waals surface area contributed by atoms with Crippen LogP contribution in [-0.2, 0) is 15.6 Å². The van der Waals surface area contributed by atoms with E-state index in [1.54, 1.807) is 66.4 Å². The normalized spacial score (nSPS) is 11.9. The van der Waals surface area contributed by atoms with Crippen LogP contribution in [0.15, 0.2) is 41.3 Å². The van der Waals surface area contributed by atoms with Crippen molar-refractivity contribution in [1.29, 1.82) is 0 Å². The van der Waals surface area contributed by atoms with E-state index in [9.17, 15) is 8.42 Å². The Morgan fingerprint density at radius 1 is 0.846 bits per heavy atom. The standard InChI is InChI=1S/C19H25NO5S/c1-13-11-15(8-10-16(13)23-4)26(21,22)20-19(2,3)14-7-9-17(24-5)18(12-14)25-6/h7-12,20H,1-6H3. The van der Waals surface area contributed by atoms with Gasteiger partial charge in [0.15, 0.2) is 11.5 Å². The summed E-state index contributed by atoms with van der Waals surface area (Å²) >= 11 is 0. The van der Waals surface area contributed by atoms with Crippen molar-refractivity contribution in [3.8, 4) is 17.2 Å². The van der Waals surface area contributed by atoms with E-state index >= 15 is 0 Å². The molecule has 0 aliphatic rings. The van der Waals surface area contributed by atoms with Gasteiger partial charge in [0.25, 0.3) is 0 Å². The molecule has 2 rings (SSSR count). The fourth-order valence-electron chi connectivity index (χ4n) is 2.70. The Morgan fingerprint density at radius 3 is 1.96 bits per heavy atom. The molecule has 0 aliphatic heterocycles. The summed E-state index contributed by atoms with van der Waals surface area (Å²) in [7, 11) is 0.918. The average Bonchev–Trinajstić information content (AvgIpc) is 2.60. The summed E-state index contributed by atoms with van der Waals surface area (Å²) in [5, 5.41) is 0. The van der Waals surface area contributed by atoms with Crippen LogP contribution in [0, 0.1) is 6.92 Å². The van der Waals surface area contributed by atoms with Crippen LogP contribution in [0.4, 0.5) is 0 Å². The van der Waals surface area contributed by atoms with Gasteiger partial charge in [-0.15, -0.1) is 0 Å². The van der Waals surface area contributed by atoms with Gasteiger partial charge in [-0.3, -0.25) is 0 Å². The molecule has 26 heavy (non-hydrogen) atoms. The first-order valence-electron chi connectivity index (χ1n) is 8.05. The molecule has 0 aliphatic carbocycles. The highest BCUT2D eigenvalue weighted by Gasteiger charge is 2.29. The minimum atomic E-state index is -3.73. The molecule has 7 heteroatoms. The van der Waals surface area contributed by atoms with Gasteiger partial charge in [0.05, 0.1) is 31.8 Å². The summed E-state index contributed by atoms with van der Waals surface area (Å²) in [4.78, 5) is 0.185. The molecule has 6 nitrogen and oxygen atoms in total. The Labute approximate surface area is 155 Å². The summed E-state index contributed by atoms with van der Waals surface area (Å²) in [6, 6.07) is 10.1. The topological polar surface area (TPSA) is 73.9 Å². The van der Waals surface area contributed by atoms with Gasteiger partial charge in [-0.1, -0.05) is 6.07 Å². The second-order valence-corrected chi connectivity index (χ2v) is 8.11. The van der Waals surface area contributed by atoms with Crippen molar-refractivity contribution in [2.45, 2.75) is 31.2 Å². The van der Waals surface area contributed by atoms with Gasteiger partial charge in [-0.25, -0.2) is 13.1 Å². The number of rotatable bonds is 7. The van der Waals surface area contributed by atoms with Gasteiger partial charge in [0.1, 0.15) is 5.75 Å². The third-order valence-corrected chi connectivity index (χ3v) is 5.82. The number of ether oxygens (including phenoxy) is 3. The molecule has 0 bridgehead atoms. The maximum atomic E-state index is 12.8. The van der Waals surface area contributed by atoms with E-state index in [4.69, 9.17) is 14.2 Å². The summed E-state index contributed by atoms with van der Waals surface area (Å²) in [6.07, 6.45) is 0. The van der Waals surface area contributed by atoms with Gasteiger partial charge >= 0.3 is 0 Å². The van der Waals surface area contributed by atoms with Crippen molar-refractivity contribution in [2.24, 2.45) is 0 Å². The first-order valence-corrected chi connectivity index (χ1v) is 9.54. The Morgan fingerprint density at radius 2 is 1.42 bits per heavy atom. The lowest BCUT2D eigenvalue weighted by atomic mass is 9.95. The first kappa shape index (κ1) is 20.1. The molecule has 0 saturated heterocycles.